The Morgan fingerprint density at radius 1 is 1.06 bits per heavy atom. The molecule has 1 aromatic carbocycles. The summed E-state index contributed by atoms with van der Waals surface area (Å²) in [7, 11) is 2.23. The summed E-state index contributed by atoms with van der Waals surface area (Å²) in [5.41, 5.74) is 6.26. The van der Waals surface area contributed by atoms with Gasteiger partial charge in [-0.15, -0.1) is 11.8 Å². The standard InChI is InChI=1S/C14H17NS.C13H26N2O/c1-9-5-10(2)7-13(6-9)14-8-16-12(4)11(3)15-14;1-3-4-5-6-9-14(2)13-7-10-15(12-16)11-8-13/h5-7H,8H2,1-4H3;12-13H,3-11H2,1-2H3. The van der Waals surface area contributed by atoms with Crippen molar-refractivity contribution in [3.05, 3.63) is 45.5 Å². The summed E-state index contributed by atoms with van der Waals surface area (Å²) < 4.78 is 0. The molecule has 2 aliphatic heterocycles. The third kappa shape index (κ3) is 8.74. The summed E-state index contributed by atoms with van der Waals surface area (Å²) in [6.07, 6.45) is 8.61. The Morgan fingerprint density at radius 3 is 2.28 bits per heavy atom. The monoisotopic (exact) mass is 457 g/mol. The zero-order chi connectivity index (χ0) is 23.5. The third-order valence-corrected chi connectivity index (χ3v) is 7.57. The van der Waals surface area contributed by atoms with Crippen LogP contribution in [0.25, 0.3) is 0 Å². The van der Waals surface area contributed by atoms with Crippen LogP contribution < -0.4 is 0 Å². The molecule has 0 aliphatic carbocycles. The van der Waals surface area contributed by atoms with Crippen LogP contribution >= 0.6 is 11.8 Å². The number of benzene rings is 1. The van der Waals surface area contributed by atoms with Gasteiger partial charge < -0.3 is 9.80 Å². The Hall–Kier alpha value is -1.59. The van der Waals surface area contributed by atoms with E-state index in [1.165, 1.54) is 59.5 Å². The predicted molar refractivity (Wildman–Crippen MR) is 141 cm³/mol. The molecule has 0 bridgehead atoms. The van der Waals surface area contributed by atoms with Gasteiger partial charge in [0.05, 0.1) is 5.71 Å². The molecule has 178 valence electrons. The number of unbranched alkanes of at least 4 members (excludes halogenated alkanes) is 3. The number of aryl methyl sites for hydroxylation is 2. The van der Waals surface area contributed by atoms with E-state index in [-0.39, 0.29) is 0 Å². The van der Waals surface area contributed by atoms with E-state index in [0.717, 1.165) is 43.8 Å². The summed E-state index contributed by atoms with van der Waals surface area (Å²) in [6.45, 7) is 13.8. The van der Waals surface area contributed by atoms with Crippen molar-refractivity contribution in [1.29, 1.82) is 0 Å². The van der Waals surface area contributed by atoms with E-state index in [9.17, 15) is 4.79 Å². The highest BCUT2D eigenvalue weighted by Crippen LogP contribution is 2.27. The van der Waals surface area contributed by atoms with Gasteiger partial charge in [0, 0.05) is 35.5 Å². The number of thioether (sulfide) groups is 1. The van der Waals surface area contributed by atoms with Crippen LogP contribution in [-0.2, 0) is 4.79 Å². The highest BCUT2D eigenvalue weighted by molar-refractivity contribution is 8.03. The largest absolute Gasteiger partial charge is 0.345 e. The molecule has 3 rings (SSSR count). The Labute approximate surface area is 200 Å². The van der Waals surface area contributed by atoms with E-state index in [4.69, 9.17) is 4.99 Å². The van der Waals surface area contributed by atoms with E-state index >= 15 is 0 Å². The molecule has 1 aromatic rings. The SMILES string of the molecule is CC1=C(C)SCC(c2cc(C)cc(C)c2)=N1.CCCCCCN(C)C1CCN(C=O)CC1. The number of amides is 1. The number of nitrogens with zero attached hydrogens (tertiary/aromatic N) is 3. The normalized spacial score (nSPS) is 17.2. The molecule has 0 radical (unpaired) electrons. The van der Waals surface area contributed by atoms with Crippen LogP contribution in [0, 0.1) is 13.8 Å². The molecule has 5 heteroatoms. The number of piperidine rings is 1. The zero-order valence-electron chi connectivity index (χ0n) is 21.1. The molecule has 1 fully saturated rings. The smallest absolute Gasteiger partial charge is 0.209 e. The molecule has 0 spiro atoms. The number of likely N-dealkylation sites (tertiary alicyclic amines) is 1. The molecular weight excluding hydrogens is 414 g/mol. The lowest BCUT2D eigenvalue weighted by Crippen LogP contribution is -2.43. The van der Waals surface area contributed by atoms with Crippen molar-refractivity contribution in [3.8, 4) is 0 Å². The number of hydrogen-bond donors (Lipinski definition) is 0. The second-order valence-corrected chi connectivity index (χ2v) is 10.5. The summed E-state index contributed by atoms with van der Waals surface area (Å²) in [6, 6.07) is 7.34. The quantitative estimate of drug-likeness (QED) is 0.344. The minimum atomic E-state index is 0.692. The van der Waals surface area contributed by atoms with E-state index in [1.807, 2.05) is 16.7 Å². The summed E-state index contributed by atoms with van der Waals surface area (Å²) >= 11 is 1.89. The second-order valence-electron chi connectivity index (χ2n) is 9.28. The van der Waals surface area contributed by atoms with E-state index in [2.05, 4.69) is 64.8 Å². The fraction of sp³-hybridized carbons (Fsp3) is 0.630. The van der Waals surface area contributed by atoms with Crippen LogP contribution in [0.1, 0.15) is 76.0 Å². The van der Waals surface area contributed by atoms with Gasteiger partial charge in [0.25, 0.3) is 0 Å². The lowest BCUT2D eigenvalue weighted by Gasteiger charge is -2.35. The summed E-state index contributed by atoms with van der Waals surface area (Å²) in [5.74, 6) is 0.992. The van der Waals surface area contributed by atoms with Crippen molar-refractivity contribution in [3.63, 3.8) is 0 Å². The number of allylic oxidation sites excluding steroid dienone is 2. The topological polar surface area (TPSA) is 35.9 Å². The Bertz CT molecular complexity index is 774. The first kappa shape index (κ1) is 26.7. The van der Waals surface area contributed by atoms with Crippen LogP contribution in [0.15, 0.2) is 33.8 Å². The van der Waals surface area contributed by atoms with Crippen LogP contribution in [0.5, 0.6) is 0 Å². The lowest BCUT2D eigenvalue weighted by molar-refractivity contribution is -0.119. The number of aliphatic imine (C=N–C) groups is 1. The molecule has 2 heterocycles. The molecular formula is C27H43N3OS. The Morgan fingerprint density at radius 2 is 1.72 bits per heavy atom. The highest BCUT2D eigenvalue weighted by atomic mass is 32.2. The van der Waals surface area contributed by atoms with Gasteiger partial charge in [-0.3, -0.25) is 9.79 Å². The number of carbonyl (C=O) groups excluding carboxylic acids is 1. The molecule has 0 saturated carbocycles. The van der Waals surface area contributed by atoms with Crippen molar-refractivity contribution in [2.24, 2.45) is 4.99 Å². The van der Waals surface area contributed by atoms with E-state index in [0.29, 0.717) is 6.04 Å². The van der Waals surface area contributed by atoms with Gasteiger partial charge in [-0.2, -0.15) is 0 Å². The van der Waals surface area contributed by atoms with Gasteiger partial charge in [-0.05, 0) is 66.1 Å². The van der Waals surface area contributed by atoms with Crippen LogP contribution in [0.2, 0.25) is 0 Å². The van der Waals surface area contributed by atoms with Crippen molar-refractivity contribution >= 4 is 23.9 Å². The van der Waals surface area contributed by atoms with Gasteiger partial charge >= 0.3 is 0 Å². The lowest BCUT2D eigenvalue weighted by atomic mass is 10.0. The minimum Gasteiger partial charge on any atom is -0.345 e. The first-order chi connectivity index (χ1) is 15.3. The molecule has 4 nitrogen and oxygen atoms in total. The number of hydrogen-bond acceptors (Lipinski definition) is 4. The van der Waals surface area contributed by atoms with Crippen LogP contribution in [-0.4, -0.2) is 60.4 Å². The van der Waals surface area contributed by atoms with Gasteiger partial charge in [0.15, 0.2) is 0 Å². The second kappa shape index (κ2) is 13.8. The number of rotatable bonds is 8. The molecule has 0 aromatic heterocycles. The van der Waals surface area contributed by atoms with Gasteiger partial charge in [-0.1, -0.05) is 55.5 Å². The van der Waals surface area contributed by atoms with Crippen LogP contribution in [0.4, 0.5) is 0 Å². The zero-order valence-corrected chi connectivity index (χ0v) is 21.9. The van der Waals surface area contributed by atoms with Crippen LogP contribution in [0.3, 0.4) is 0 Å². The molecule has 1 amide bonds. The molecule has 32 heavy (non-hydrogen) atoms. The predicted octanol–water partition coefficient (Wildman–Crippen LogP) is 6.21. The van der Waals surface area contributed by atoms with Crippen molar-refractivity contribution in [1.82, 2.24) is 9.80 Å². The Kier molecular flexibility index (Phi) is 11.5. The number of carbonyl (C=O) groups is 1. The maximum atomic E-state index is 10.6. The van der Waals surface area contributed by atoms with Gasteiger partial charge in [-0.25, -0.2) is 0 Å². The fourth-order valence-corrected chi connectivity index (χ4v) is 5.13. The third-order valence-electron chi connectivity index (χ3n) is 6.43. The van der Waals surface area contributed by atoms with E-state index < -0.39 is 0 Å². The van der Waals surface area contributed by atoms with Crippen molar-refractivity contribution in [2.75, 3.05) is 32.4 Å². The minimum absolute atomic E-state index is 0.692. The molecule has 2 aliphatic rings. The fourth-order valence-electron chi connectivity index (χ4n) is 4.29. The molecule has 0 N–H and O–H groups in total. The Balaban J connectivity index is 0.000000227. The van der Waals surface area contributed by atoms with Gasteiger partial charge in [0.1, 0.15) is 0 Å². The summed E-state index contributed by atoms with van der Waals surface area (Å²) in [5, 5.41) is 0. The maximum absolute atomic E-state index is 10.6. The van der Waals surface area contributed by atoms with Crippen molar-refractivity contribution in [2.45, 2.75) is 79.2 Å². The average molecular weight is 458 g/mol. The molecule has 0 unspecified atom stereocenters. The molecule has 1 saturated heterocycles. The molecule has 0 atom stereocenters. The van der Waals surface area contributed by atoms with E-state index in [1.54, 1.807) is 0 Å². The first-order valence-corrected chi connectivity index (χ1v) is 13.2. The van der Waals surface area contributed by atoms with Gasteiger partial charge in [0.2, 0.25) is 6.41 Å². The average Bonchev–Trinajstić information content (AvgIpc) is 2.78. The first-order valence-electron chi connectivity index (χ1n) is 12.2. The van der Waals surface area contributed by atoms with Crippen molar-refractivity contribution < 1.29 is 4.79 Å². The summed E-state index contributed by atoms with van der Waals surface area (Å²) in [4.78, 5) is 21.0. The highest BCUT2D eigenvalue weighted by Gasteiger charge is 2.20. The maximum Gasteiger partial charge on any atom is 0.209 e.